The second-order valence-corrected chi connectivity index (χ2v) is 9.28. The molecule has 6 heteroatoms. The van der Waals surface area contributed by atoms with Gasteiger partial charge in [0, 0.05) is 29.8 Å². The predicted molar refractivity (Wildman–Crippen MR) is 118 cm³/mol. The Balaban J connectivity index is 2.35. The van der Waals surface area contributed by atoms with Gasteiger partial charge < -0.3 is 4.74 Å². The summed E-state index contributed by atoms with van der Waals surface area (Å²) in [6.45, 7) is 4.52. The molecule has 3 rings (SSSR count). The molecule has 0 bridgehead atoms. The highest BCUT2D eigenvalue weighted by Crippen LogP contribution is 2.41. The number of sulfone groups is 1. The molecule has 0 saturated heterocycles. The molecule has 0 amide bonds. The Kier molecular flexibility index (Phi) is 6.53. The molecule has 154 valence electrons. The van der Waals surface area contributed by atoms with Crippen molar-refractivity contribution < 1.29 is 13.2 Å². The van der Waals surface area contributed by atoms with Crippen molar-refractivity contribution in [2.24, 2.45) is 0 Å². The fraction of sp³-hybridized carbons (Fsp3) is 0.250. The third kappa shape index (κ3) is 4.87. The molecule has 0 fully saturated rings. The summed E-state index contributed by atoms with van der Waals surface area (Å²) in [5.41, 5.74) is 4.52. The molecule has 5 nitrogen and oxygen atoms in total. The molecule has 0 spiro atoms. The zero-order valence-corrected chi connectivity index (χ0v) is 18.2. The molecule has 30 heavy (non-hydrogen) atoms. The van der Waals surface area contributed by atoms with Crippen molar-refractivity contribution in [3.8, 4) is 34.1 Å². The standard InChI is InChI=1S/C24H24N2O3S/c1-4-5-9-29-23-13-21(30(3,27)28)12-22(19-8-6-7-17(2)10-19)24(23)20-11-18(14-25)15-26-16-20/h6-8,10-13,15-16H,4-5,9H2,1-3H3. The molecule has 3 aromatic rings. The van der Waals surface area contributed by atoms with Crippen molar-refractivity contribution in [2.45, 2.75) is 31.6 Å². The summed E-state index contributed by atoms with van der Waals surface area (Å²) >= 11 is 0. The van der Waals surface area contributed by atoms with Gasteiger partial charge in [-0.3, -0.25) is 4.98 Å². The molecule has 0 aliphatic heterocycles. The highest BCUT2D eigenvalue weighted by atomic mass is 32.2. The number of hydrogen-bond acceptors (Lipinski definition) is 5. The maximum absolute atomic E-state index is 12.4. The molecule has 0 aliphatic rings. The number of unbranched alkanes of at least 4 members (excludes halogenated alkanes) is 1. The van der Waals surface area contributed by atoms with E-state index < -0.39 is 9.84 Å². The van der Waals surface area contributed by atoms with Crippen LogP contribution >= 0.6 is 0 Å². The van der Waals surface area contributed by atoms with Crippen LogP contribution in [0, 0.1) is 18.3 Å². The van der Waals surface area contributed by atoms with E-state index in [0.29, 0.717) is 23.5 Å². The molecule has 0 radical (unpaired) electrons. The largest absolute Gasteiger partial charge is 0.493 e. The molecule has 1 aromatic heterocycles. The van der Waals surface area contributed by atoms with Crippen LogP contribution in [0.5, 0.6) is 5.75 Å². The lowest BCUT2D eigenvalue weighted by atomic mass is 9.93. The van der Waals surface area contributed by atoms with Crippen LogP contribution in [0.2, 0.25) is 0 Å². The summed E-state index contributed by atoms with van der Waals surface area (Å²) in [6, 6.07) is 15.0. The minimum Gasteiger partial charge on any atom is -0.493 e. The van der Waals surface area contributed by atoms with E-state index in [1.54, 1.807) is 24.4 Å². The number of nitriles is 1. The lowest BCUT2D eigenvalue weighted by molar-refractivity contribution is 0.310. The number of ether oxygens (including phenoxy) is 1. The highest BCUT2D eigenvalue weighted by Gasteiger charge is 2.20. The Bertz CT molecular complexity index is 1210. The summed E-state index contributed by atoms with van der Waals surface area (Å²) < 4.78 is 30.9. The molecule has 0 aliphatic carbocycles. The van der Waals surface area contributed by atoms with Gasteiger partial charge in [0.1, 0.15) is 11.8 Å². The minimum atomic E-state index is -3.46. The van der Waals surface area contributed by atoms with Gasteiger partial charge in [0.2, 0.25) is 0 Å². The number of aryl methyl sites for hydroxylation is 1. The number of pyridine rings is 1. The summed E-state index contributed by atoms with van der Waals surface area (Å²) in [7, 11) is -3.46. The second-order valence-electron chi connectivity index (χ2n) is 7.26. The zero-order chi connectivity index (χ0) is 21.7. The third-order valence-corrected chi connectivity index (χ3v) is 5.84. The van der Waals surface area contributed by atoms with Crippen molar-refractivity contribution in [2.75, 3.05) is 12.9 Å². The van der Waals surface area contributed by atoms with Crippen LogP contribution in [0.3, 0.4) is 0 Å². The summed E-state index contributed by atoms with van der Waals surface area (Å²) in [6.07, 6.45) is 6.16. The lowest BCUT2D eigenvalue weighted by Crippen LogP contribution is -2.04. The van der Waals surface area contributed by atoms with Crippen LogP contribution in [0.15, 0.2) is 59.8 Å². The van der Waals surface area contributed by atoms with Crippen LogP contribution in [0.4, 0.5) is 0 Å². The van der Waals surface area contributed by atoms with Crippen LogP contribution in [0.25, 0.3) is 22.3 Å². The lowest BCUT2D eigenvalue weighted by Gasteiger charge is -2.18. The first-order chi connectivity index (χ1) is 14.3. The molecule has 0 saturated carbocycles. The Morgan fingerprint density at radius 2 is 1.90 bits per heavy atom. The topological polar surface area (TPSA) is 80.1 Å². The van der Waals surface area contributed by atoms with E-state index in [0.717, 1.165) is 35.1 Å². The normalized spacial score (nSPS) is 11.1. The van der Waals surface area contributed by atoms with E-state index in [9.17, 15) is 13.7 Å². The Morgan fingerprint density at radius 1 is 1.10 bits per heavy atom. The molecule has 0 N–H and O–H groups in total. The van der Waals surface area contributed by atoms with E-state index in [-0.39, 0.29) is 4.90 Å². The number of hydrogen-bond donors (Lipinski definition) is 0. The third-order valence-electron chi connectivity index (χ3n) is 4.74. The van der Waals surface area contributed by atoms with Gasteiger partial charge in [-0.2, -0.15) is 5.26 Å². The van der Waals surface area contributed by atoms with Gasteiger partial charge in [-0.15, -0.1) is 0 Å². The first-order valence-electron chi connectivity index (χ1n) is 9.77. The Hall–Kier alpha value is -3.17. The van der Waals surface area contributed by atoms with Crippen LogP contribution < -0.4 is 4.74 Å². The van der Waals surface area contributed by atoms with Crippen molar-refractivity contribution >= 4 is 9.84 Å². The second kappa shape index (κ2) is 9.10. The summed E-state index contributed by atoms with van der Waals surface area (Å²) in [4.78, 5) is 4.39. The fourth-order valence-electron chi connectivity index (χ4n) is 3.22. The molecule has 2 aromatic carbocycles. The minimum absolute atomic E-state index is 0.193. The maximum atomic E-state index is 12.4. The molecule has 0 atom stereocenters. The van der Waals surface area contributed by atoms with Gasteiger partial charge in [-0.05, 0) is 42.7 Å². The van der Waals surface area contributed by atoms with E-state index in [4.69, 9.17) is 4.74 Å². The number of aromatic nitrogens is 1. The average Bonchev–Trinajstić information content (AvgIpc) is 2.72. The van der Waals surface area contributed by atoms with Gasteiger partial charge in [0.15, 0.2) is 9.84 Å². The van der Waals surface area contributed by atoms with E-state index >= 15 is 0 Å². The summed E-state index contributed by atoms with van der Waals surface area (Å²) in [5.74, 6) is 0.472. The van der Waals surface area contributed by atoms with Gasteiger partial charge >= 0.3 is 0 Å². The average molecular weight is 421 g/mol. The van der Waals surface area contributed by atoms with Gasteiger partial charge in [-0.1, -0.05) is 43.2 Å². The fourth-order valence-corrected chi connectivity index (χ4v) is 3.87. The van der Waals surface area contributed by atoms with Gasteiger partial charge in [0.25, 0.3) is 0 Å². The van der Waals surface area contributed by atoms with E-state index in [1.165, 1.54) is 12.5 Å². The van der Waals surface area contributed by atoms with Crippen molar-refractivity contribution in [1.82, 2.24) is 4.98 Å². The first kappa shape index (κ1) is 21.5. The monoisotopic (exact) mass is 420 g/mol. The predicted octanol–water partition coefficient (Wildman–Crippen LogP) is 5.18. The van der Waals surface area contributed by atoms with Gasteiger partial charge in [-0.25, -0.2) is 8.42 Å². The molecular weight excluding hydrogens is 396 g/mol. The number of benzene rings is 2. The molecular formula is C24H24N2O3S. The summed E-state index contributed by atoms with van der Waals surface area (Å²) in [5, 5.41) is 9.32. The van der Waals surface area contributed by atoms with E-state index in [1.807, 2.05) is 31.2 Å². The van der Waals surface area contributed by atoms with Crippen LogP contribution in [-0.4, -0.2) is 26.3 Å². The number of rotatable bonds is 7. The Morgan fingerprint density at radius 3 is 2.57 bits per heavy atom. The van der Waals surface area contributed by atoms with Crippen LogP contribution in [-0.2, 0) is 9.84 Å². The number of nitrogens with zero attached hydrogens (tertiary/aromatic N) is 2. The SMILES string of the molecule is CCCCOc1cc(S(C)(=O)=O)cc(-c2cccc(C)c2)c1-c1cncc(C#N)c1. The molecule has 0 unspecified atom stereocenters. The van der Waals surface area contributed by atoms with E-state index in [2.05, 4.69) is 18.0 Å². The molecule has 1 heterocycles. The quantitative estimate of drug-likeness (QED) is 0.492. The van der Waals surface area contributed by atoms with Crippen molar-refractivity contribution in [3.05, 3.63) is 66.0 Å². The van der Waals surface area contributed by atoms with Crippen molar-refractivity contribution in [3.63, 3.8) is 0 Å². The zero-order valence-electron chi connectivity index (χ0n) is 17.3. The van der Waals surface area contributed by atoms with Gasteiger partial charge in [0.05, 0.1) is 17.1 Å². The Labute approximate surface area is 177 Å². The van der Waals surface area contributed by atoms with Crippen molar-refractivity contribution in [1.29, 1.82) is 5.26 Å². The van der Waals surface area contributed by atoms with Crippen LogP contribution in [0.1, 0.15) is 30.9 Å². The first-order valence-corrected chi connectivity index (χ1v) is 11.7. The maximum Gasteiger partial charge on any atom is 0.175 e. The highest BCUT2D eigenvalue weighted by molar-refractivity contribution is 7.90. The smallest absolute Gasteiger partial charge is 0.175 e.